The van der Waals surface area contributed by atoms with E-state index in [-0.39, 0.29) is 11.4 Å². The largest absolute Gasteiger partial charge is 0.460 e. The molecule has 3 rings (SSSR count). The number of rotatable bonds is 9. The Kier molecular flexibility index (Phi) is 6.05. The molecule has 0 aliphatic rings. The van der Waals surface area contributed by atoms with Crippen LogP contribution in [-0.4, -0.2) is 28.7 Å². The lowest BCUT2D eigenvalue weighted by Crippen LogP contribution is -2.27. The van der Waals surface area contributed by atoms with Crippen LogP contribution in [0.4, 0.5) is 0 Å². The molecule has 0 radical (unpaired) electrons. The minimum absolute atomic E-state index is 0.245. The molecule has 1 aromatic heterocycles. The van der Waals surface area contributed by atoms with Gasteiger partial charge in [-0.25, -0.2) is 13.1 Å². The van der Waals surface area contributed by atoms with E-state index in [0.717, 1.165) is 22.3 Å². The molecule has 0 fully saturated rings. The van der Waals surface area contributed by atoms with Gasteiger partial charge in [0.25, 0.3) is 0 Å². The van der Waals surface area contributed by atoms with Gasteiger partial charge >= 0.3 is 0 Å². The van der Waals surface area contributed by atoms with Gasteiger partial charge in [-0.05, 0) is 29.8 Å². The van der Waals surface area contributed by atoms with Crippen molar-refractivity contribution >= 4 is 21.0 Å². The third-order valence-electron chi connectivity index (χ3n) is 3.94. The zero-order valence-electron chi connectivity index (χ0n) is 14.6. The third-order valence-corrected chi connectivity index (χ3v) is 5.41. The second-order valence-corrected chi connectivity index (χ2v) is 7.66. The topological polar surface area (TPSA) is 80.6 Å². The normalized spacial score (nSPS) is 11.9. The number of ether oxygens (including phenoxy) is 1. The fourth-order valence-corrected chi connectivity index (χ4v) is 3.62. The average molecular weight is 374 g/mol. The first-order valence-corrected chi connectivity index (χ1v) is 9.82. The molecule has 0 aliphatic heterocycles. The van der Waals surface area contributed by atoms with Crippen LogP contribution in [0, 0.1) is 0 Å². The van der Waals surface area contributed by atoms with Crippen LogP contribution in [0.3, 0.4) is 0 Å². The van der Waals surface area contributed by atoms with Crippen molar-refractivity contribution < 1.29 is 17.6 Å². The highest BCUT2D eigenvalue weighted by molar-refractivity contribution is 7.89. The standard InChI is InChI=1S/C19H22N2O4S/c1-24-11-10-21-26(22,23)18-8-6-15(7-9-18)13-20-14-17-12-16-4-2-3-5-19(16)25-17/h2-9,12,20-21H,10-11,13-14H2,1H3. The van der Waals surface area contributed by atoms with Gasteiger partial charge in [-0.1, -0.05) is 30.3 Å². The van der Waals surface area contributed by atoms with E-state index in [2.05, 4.69) is 10.0 Å². The Hall–Kier alpha value is -2.19. The molecule has 2 aromatic carbocycles. The van der Waals surface area contributed by atoms with Gasteiger partial charge in [-0.15, -0.1) is 0 Å². The van der Waals surface area contributed by atoms with Crippen molar-refractivity contribution in [3.63, 3.8) is 0 Å². The predicted octanol–water partition coefficient (Wildman–Crippen LogP) is 2.65. The van der Waals surface area contributed by atoms with Gasteiger partial charge < -0.3 is 14.5 Å². The van der Waals surface area contributed by atoms with Gasteiger partial charge in [-0.3, -0.25) is 0 Å². The SMILES string of the molecule is COCCNS(=O)(=O)c1ccc(CNCc2cc3ccccc3o2)cc1. The smallest absolute Gasteiger partial charge is 0.240 e. The number of nitrogens with one attached hydrogen (secondary N) is 2. The first kappa shape index (κ1) is 18.6. The molecule has 0 saturated carbocycles. The molecule has 138 valence electrons. The molecule has 6 nitrogen and oxygen atoms in total. The van der Waals surface area contributed by atoms with Gasteiger partial charge in [0.15, 0.2) is 0 Å². The van der Waals surface area contributed by atoms with Crippen molar-refractivity contribution in [3.05, 3.63) is 65.9 Å². The maximum atomic E-state index is 12.1. The molecule has 0 bridgehead atoms. The van der Waals surface area contributed by atoms with Crippen LogP contribution in [0.5, 0.6) is 0 Å². The maximum Gasteiger partial charge on any atom is 0.240 e. The van der Waals surface area contributed by atoms with Crippen LogP contribution in [0.2, 0.25) is 0 Å². The summed E-state index contributed by atoms with van der Waals surface area (Å²) >= 11 is 0. The Labute approximate surface area is 153 Å². The van der Waals surface area contributed by atoms with Crippen LogP contribution in [0.1, 0.15) is 11.3 Å². The molecular weight excluding hydrogens is 352 g/mol. The summed E-state index contributed by atoms with van der Waals surface area (Å²) in [5.74, 6) is 0.868. The molecule has 26 heavy (non-hydrogen) atoms. The monoisotopic (exact) mass is 374 g/mol. The molecule has 0 spiro atoms. The summed E-state index contributed by atoms with van der Waals surface area (Å²) in [6.45, 7) is 1.81. The van der Waals surface area contributed by atoms with Crippen molar-refractivity contribution in [2.45, 2.75) is 18.0 Å². The van der Waals surface area contributed by atoms with Crippen LogP contribution < -0.4 is 10.0 Å². The summed E-state index contributed by atoms with van der Waals surface area (Å²) in [6.07, 6.45) is 0. The second kappa shape index (κ2) is 8.46. The highest BCUT2D eigenvalue weighted by Gasteiger charge is 2.12. The zero-order valence-corrected chi connectivity index (χ0v) is 15.4. The first-order chi connectivity index (χ1) is 12.6. The van der Waals surface area contributed by atoms with Gasteiger partial charge in [0.2, 0.25) is 10.0 Å². The van der Waals surface area contributed by atoms with E-state index in [0.29, 0.717) is 19.7 Å². The molecule has 0 atom stereocenters. The summed E-state index contributed by atoms with van der Waals surface area (Å²) in [6, 6.07) is 16.7. The zero-order chi connectivity index (χ0) is 18.4. The highest BCUT2D eigenvalue weighted by atomic mass is 32.2. The second-order valence-electron chi connectivity index (χ2n) is 5.89. The number of furan rings is 1. The molecule has 0 unspecified atom stereocenters. The number of hydrogen-bond acceptors (Lipinski definition) is 5. The average Bonchev–Trinajstić information content (AvgIpc) is 3.05. The number of benzene rings is 2. The van der Waals surface area contributed by atoms with Crippen molar-refractivity contribution in [2.75, 3.05) is 20.3 Å². The fourth-order valence-electron chi connectivity index (χ4n) is 2.60. The van der Waals surface area contributed by atoms with Crippen molar-refractivity contribution in [1.29, 1.82) is 0 Å². The minimum Gasteiger partial charge on any atom is -0.460 e. The summed E-state index contributed by atoms with van der Waals surface area (Å²) in [4.78, 5) is 0.245. The maximum absolute atomic E-state index is 12.1. The van der Waals surface area contributed by atoms with E-state index in [9.17, 15) is 8.42 Å². The summed E-state index contributed by atoms with van der Waals surface area (Å²) in [7, 11) is -1.96. The minimum atomic E-state index is -3.49. The Bertz CT molecular complexity index is 916. The number of methoxy groups -OCH3 is 1. The quantitative estimate of drug-likeness (QED) is 0.563. The van der Waals surface area contributed by atoms with E-state index in [4.69, 9.17) is 9.15 Å². The third kappa shape index (κ3) is 4.70. The molecule has 3 aromatic rings. The Morgan fingerprint density at radius 1 is 1.04 bits per heavy atom. The molecule has 0 amide bonds. The van der Waals surface area contributed by atoms with Gasteiger partial charge in [-0.2, -0.15) is 0 Å². The molecule has 0 saturated heterocycles. The predicted molar refractivity (Wildman–Crippen MR) is 100 cm³/mol. The number of para-hydroxylation sites is 1. The summed E-state index contributed by atoms with van der Waals surface area (Å²) in [5.41, 5.74) is 1.87. The molecule has 1 heterocycles. The Balaban J connectivity index is 1.54. The molecule has 0 aliphatic carbocycles. The lowest BCUT2D eigenvalue weighted by atomic mass is 10.2. The van der Waals surface area contributed by atoms with Crippen molar-refractivity contribution in [2.24, 2.45) is 0 Å². The van der Waals surface area contributed by atoms with E-state index >= 15 is 0 Å². The van der Waals surface area contributed by atoms with Gasteiger partial charge in [0.05, 0.1) is 18.0 Å². The van der Waals surface area contributed by atoms with Gasteiger partial charge in [0.1, 0.15) is 11.3 Å². The van der Waals surface area contributed by atoms with E-state index in [1.807, 2.05) is 30.3 Å². The van der Waals surface area contributed by atoms with Crippen LogP contribution in [0.25, 0.3) is 11.0 Å². The van der Waals surface area contributed by atoms with E-state index in [1.165, 1.54) is 7.11 Å². The van der Waals surface area contributed by atoms with Crippen molar-refractivity contribution in [1.82, 2.24) is 10.0 Å². The summed E-state index contributed by atoms with van der Waals surface area (Å²) < 4.78 is 37.3. The van der Waals surface area contributed by atoms with Gasteiger partial charge in [0, 0.05) is 25.6 Å². The fraction of sp³-hybridized carbons (Fsp3) is 0.263. The number of fused-ring (bicyclic) bond motifs is 1. The Morgan fingerprint density at radius 3 is 2.54 bits per heavy atom. The lowest BCUT2D eigenvalue weighted by molar-refractivity contribution is 0.204. The number of sulfonamides is 1. The molecule has 7 heteroatoms. The van der Waals surface area contributed by atoms with Crippen LogP contribution in [0.15, 0.2) is 63.9 Å². The number of hydrogen-bond donors (Lipinski definition) is 2. The van der Waals surface area contributed by atoms with Crippen LogP contribution in [-0.2, 0) is 27.8 Å². The van der Waals surface area contributed by atoms with E-state index in [1.54, 1.807) is 24.3 Å². The highest BCUT2D eigenvalue weighted by Crippen LogP contribution is 2.18. The lowest BCUT2D eigenvalue weighted by Gasteiger charge is -2.08. The first-order valence-electron chi connectivity index (χ1n) is 8.34. The van der Waals surface area contributed by atoms with Crippen molar-refractivity contribution in [3.8, 4) is 0 Å². The van der Waals surface area contributed by atoms with Crippen LogP contribution >= 0.6 is 0 Å². The molecule has 2 N–H and O–H groups in total. The summed E-state index contributed by atoms with van der Waals surface area (Å²) in [5, 5.41) is 4.39. The Morgan fingerprint density at radius 2 is 1.81 bits per heavy atom. The molecular formula is C19H22N2O4S. The van der Waals surface area contributed by atoms with E-state index < -0.39 is 10.0 Å².